The lowest BCUT2D eigenvalue weighted by molar-refractivity contribution is 0.353. The summed E-state index contributed by atoms with van der Waals surface area (Å²) in [7, 11) is -0.605. The molecule has 1 aliphatic carbocycles. The third-order valence-electron chi connectivity index (χ3n) is 3.40. The van der Waals surface area contributed by atoms with Gasteiger partial charge >= 0.3 is 0 Å². The number of sulfonamides is 1. The Kier molecular flexibility index (Phi) is 4.61. The van der Waals surface area contributed by atoms with Crippen LogP contribution in [0.15, 0.2) is 21.5 Å². The molecule has 20 heavy (non-hydrogen) atoms. The highest BCUT2D eigenvalue weighted by Crippen LogP contribution is 2.37. The molecule has 112 valence electrons. The molecule has 1 aliphatic rings. The Morgan fingerprint density at radius 2 is 1.80 bits per heavy atom. The van der Waals surface area contributed by atoms with Gasteiger partial charge in [-0.2, -0.15) is 0 Å². The quantitative estimate of drug-likeness (QED) is 0.843. The Morgan fingerprint density at radius 3 is 2.30 bits per heavy atom. The molecule has 1 aromatic rings. The number of nitrogens with one attached hydrogen (secondary N) is 1. The highest BCUT2D eigenvalue weighted by atomic mass is 79.9. The maximum atomic E-state index is 12.4. The molecule has 0 spiro atoms. The summed E-state index contributed by atoms with van der Waals surface area (Å²) in [6.07, 6.45) is 2.16. The number of hydrogen-bond donors (Lipinski definition) is 1. The lowest BCUT2D eigenvalue weighted by atomic mass is 10.2. The van der Waals surface area contributed by atoms with Crippen molar-refractivity contribution in [1.29, 1.82) is 0 Å². The summed E-state index contributed by atoms with van der Waals surface area (Å²) in [6.45, 7) is 1.89. The molecule has 0 aromatic heterocycles. The van der Waals surface area contributed by atoms with E-state index < -0.39 is 10.0 Å². The second-order valence-electron chi connectivity index (χ2n) is 4.89. The molecule has 1 saturated carbocycles. The molecule has 0 radical (unpaired) electrons. The van der Waals surface area contributed by atoms with Crippen LogP contribution in [0, 0.1) is 5.92 Å². The van der Waals surface area contributed by atoms with Crippen LogP contribution in [-0.4, -0.2) is 28.7 Å². The Morgan fingerprint density at radius 1 is 1.25 bits per heavy atom. The molecular formula is C13H18BrNO4S. The average Bonchev–Trinajstić information content (AvgIpc) is 3.21. The lowest BCUT2D eigenvalue weighted by Gasteiger charge is -2.16. The fourth-order valence-electron chi connectivity index (χ4n) is 2.04. The van der Waals surface area contributed by atoms with Crippen molar-refractivity contribution in [3.8, 4) is 11.5 Å². The van der Waals surface area contributed by atoms with Crippen LogP contribution in [0.5, 0.6) is 11.5 Å². The summed E-state index contributed by atoms with van der Waals surface area (Å²) < 4.78 is 38.3. The third kappa shape index (κ3) is 3.27. The summed E-state index contributed by atoms with van der Waals surface area (Å²) in [4.78, 5) is 0.155. The largest absolute Gasteiger partial charge is 0.493 e. The number of methoxy groups -OCH3 is 2. The van der Waals surface area contributed by atoms with E-state index in [1.165, 1.54) is 20.3 Å². The van der Waals surface area contributed by atoms with Crippen LogP contribution in [0.2, 0.25) is 0 Å². The predicted molar refractivity (Wildman–Crippen MR) is 79.8 cm³/mol. The van der Waals surface area contributed by atoms with Crippen molar-refractivity contribution in [2.75, 3.05) is 14.2 Å². The third-order valence-corrected chi connectivity index (χ3v) is 5.92. The van der Waals surface area contributed by atoms with E-state index in [9.17, 15) is 8.42 Å². The fourth-order valence-corrected chi connectivity index (χ4v) is 4.39. The van der Waals surface area contributed by atoms with Crippen LogP contribution in [0.25, 0.3) is 0 Å². The van der Waals surface area contributed by atoms with Gasteiger partial charge in [0.2, 0.25) is 10.0 Å². The first-order chi connectivity index (χ1) is 9.39. The number of halogens is 1. The molecule has 1 N–H and O–H groups in total. The monoisotopic (exact) mass is 363 g/mol. The molecule has 7 heteroatoms. The van der Waals surface area contributed by atoms with Gasteiger partial charge in [0.15, 0.2) is 11.5 Å². The Hall–Kier alpha value is -0.790. The van der Waals surface area contributed by atoms with Crippen molar-refractivity contribution in [3.05, 3.63) is 16.6 Å². The molecule has 0 heterocycles. The topological polar surface area (TPSA) is 64.6 Å². The van der Waals surface area contributed by atoms with Crippen molar-refractivity contribution >= 4 is 26.0 Å². The molecule has 2 rings (SSSR count). The maximum absolute atomic E-state index is 12.4. The molecule has 1 aromatic carbocycles. The molecule has 1 fully saturated rings. The Bertz CT molecular complexity index is 599. The number of benzene rings is 1. The van der Waals surface area contributed by atoms with Gasteiger partial charge in [-0.15, -0.1) is 0 Å². The molecule has 0 bridgehead atoms. The van der Waals surface area contributed by atoms with Gasteiger partial charge in [0.25, 0.3) is 0 Å². The predicted octanol–water partition coefficient (Wildman–Crippen LogP) is 2.54. The number of hydrogen-bond acceptors (Lipinski definition) is 4. The molecule has 0 saturated heterocycles. The zero-order chi connectivity index (χ0) is 14.9. The van der Waals surface area contributed by atoms with Gasteiger partial charge in [0.05, 0.1) is 14.2 Å². The van der Waals surface area contributed by atoms with E-state index in [1.807, 2.05) is 6.92 Å². The van der Waals surface area contributed by atoms with E-state index in [1.54, 1.807) is 6.07 Å². The first-order valence-corrected chi connectivity index (χ1v) is 8.60. The maximum Gasteiger partial charge on any atom is 0.242 e. The summed E-state index contributed by atoms with van der Waals surface area (Å²) >= 11 is 3.27. The van der Waals surface area contributed by atoms with E-state index in [4.69, 9.17) is 9.47 Å². The Labute approximate surface area is 127 Å². The number of ether oxygens (including phenoxy) is 2. The van der Waals surface area contributed by atoms with E-state index in [2.05, 4.69) is 20.7 Å². The zero-order valence-corrected chi connectivity index (χ0v) is 14.0. The first kappa shape index (κ1) is 15.6. The molecule has 5 nitrogen and oxygen atoms in total. The van der Waals surface area contributed by atoms with Gasteiger partial charge in [-0.3, -0.25) is 0 Å². The van der Waals surface area contributed by atoms with E-state index >= 15 is 0 Å². The van der Waals surface area contributed by atoms with Crippen LogP contribution >= 0.6 is 15.9 Å². The molecular weight excluding hydrogens is 346 g/mol. The normalized spacial score (nSPS) is 16.8. The van der Waals surface area contributed by atoms with E-state index in [0.717, 1.165) is 12.8 Å². The van der Waals surface area contributed by atoms with Gasteiger partial charge in [-0.25, -0.2) is 13.1 Å². The summed E-state index contributed by atoms with van der Waals surface area (Å²) in [5.74, 6) is 1.31. The minimum absolute atomic E-state index is 0.0556. The van der Waals surface area contributed by atoms with E-state index in [0.29, 0.717) is 21.9 Å². The van der Waals surface area contributed by atoms with Gasteiger partial charge in [0.1, 0.15) is 4.90 Å². The highest BCUT2D eigenvalue weighted by Gasteiger charge is 2.32. The number of rotatable bonds is 6. The van der Waals surface area contributed by atoms with Gasteiger partial charge in [0, 0.05) is 16.6 Å². The zero-order valence-electron chi connectivity index (χ0n) is 11.6. The second-order valence-corrected chi connectivity index (χ2v) is 7.42. The van der Waals surface area contributed by atoms with Crippen LogP contribution in [-0.2, 0) is 10.0 Å². The average molecular weight is 364 g/mol. The van der Waals surface area contributed by atoms with E-state index in [-0.39, 0.29) is 10.9 Å². The summed E-state index contributed by atoms with van der Waals surface area (Å²) in [5.41, 5.74) is 0. The van der Waals surface area contributed by atoms with Crippen molar-refractivity contribution in [1.82, 2.24) is 4.72 Å². The SMILES string of the molecule is COc1cc(Br)c(S(=O)(=O)N[C@@H](C)C2CC2)cc1OC. The smallest absolute Gasteiger partial charge is 0.242 e. The Balaban J connectivity index is 2.35. The second kappa shape index (κ2) is 5.91. The van der Waals surface area contributed by atoms with Crippen LogP contribution in [0.4, 0.5) is 0 Å². The van der Waals surface area contributed by atoms with Crippen LogP contribution in [0.1, 0.15) is 19.8 Å². The lowest BCUT2D eigenvalue weighted by Crippen LogP contribution is -2.34. The van der Waals surface area contributed by atoms with Crippen molar-refractivity contribution in [2.45, 2.75) is 30.7 Å². The minimum Gasteiger partial charge on any atom is -0.493 e. The summed E-state index contributed by atoms with van der Waals surface area (Å²) in [6, 6.07) is 3.00. The van der Waals surface area contributed by atoms with Gasteiger partial charge < -0.3 is 9.47 Å². The van der Waals surface area contributed by atoms with Gasteiger partial charge in [-0.05, 0) is 47.7 Å². The van der Waals surface area contributed by atoms with Gasteiger partial charge in [-0.1, -0.05) is 0 Å². The van der Waals surface area contributed by atoms with Crippen LogP contribution < -0.4 is 14.2 Å². The highest BCUT2D eigenvalue weighted by molar-refractivity contribution is 9.10. The standard InChI is InChI=1S/C13H18BrNO4S/c1-8(9-4-5-9)15-20(16,17)13-7-12(19-3)11(18-2)6-10(13)14/h6-9,15H,4-5H2,1-3H3/t8-/m0/s1. The molecule has 0 amide bonds. The first-order valence-electron chi connectivity index (χ1n) is 6.33. The molecule has 1 atom stereocenters. The summed E-state index contributed by atoms with van der Waals surface area (Å²) in [5, 5.41) is 0. The van der Waals surface area contributed by atoms with Crippen molar-refractivity contribution < 1.29 is 17.9 Å². The van der Waals surface area contributed by atoms with Crippen molar-refractivity contribution in [3.63, 3.8) is 0 Å². The van der Waals surface area contributed by atoms with Crippen molar-refractivity contribution in [2.24, 2.45) is 5.92 Å². The minimum atomic E-state index is -3.59. The molecule has 0 unspecified atom stereocenters. The molecule has 0 aliphatic heterocycles. The van der Waals surface area contributed by atoms with Crippen LogP contribution in [0.3, 0.4) is 0 Å². The fraction of sp³-hybridized carbons (Fsp3) is 0.538.